The molecule has 6 nitrogen and oxygen atoms in total. The molecule has 0 spiro atoms. The lowest BCUT2D eigenvalue weighted by Gasteiger charge is -2.11. The fourth-order valence-corrected chi connectivity index (χ4v) is 3.38. The Hall–Kier alpha value is -1.57. The average Bonchev–Trinajstić information content (AvgIpc) is 2.77. The first-order valence-corrected chi connectivity index (χ1v) is 7.68. The third-order valence-electron chi connectivity index (χ3n) is 2.88. The third kappa shape index (κ3) is 3.12. The molecule has 2 aromatic rings. The molecule has 3 N–H and O–H groups in total. The molecule has 8 heteroatoms. The summed E-state index contributed by atoms with van der Waals surface area (Å²) in [5, 5.41) is 4.26. The molecule has 0 amide bonds. The van der Waals surface area contributed by atoms with Crippen molar-refractivity contribution < 1.29 is 8.42 Å². The van der Waals surface area contributed by atoms with Gasteiger partial charge in [0.25, 0.3) is 0 Å². The Labute approximate surface area is 122 Å². The Bertz CT molecular complexity index is 740. The number of hydrogen-bond donors (Lipinski definition) is 2. The minimum Gasteiger partial charge on any atom is -0.398 e. The smallest absolute Gasteiger partial charge is 0.241 e. The van der Waals surface area contributed by atoms with Crippen molar-refractivity contribution >= 4 is 27.3 Å². The van der Waals surface area contributed by atoms with Crippen molar-refractivity contribution in [1.29, 1.82) is 0 Å². The highest BCUT2D eigenvalue weighted by atomic mass is 35.5. The van der Waals surface area contributed by atoms with Gasteiger partial charge in [-0.1, -0.05) is 11.6 Å². The van der Waals surface area contributed by atoms with E-state index in [9.17, 15) is 8.42 Å². The summed E-state index contributed by atoms with van der Waals surface area (Å²) < 4.78 is 28.7. The Morgan fingerprint density at radius 2 is 2.15 bits per heavy atom. The number of aromatic nitrogens is 2. The number of nitrogens with zero attached hydrogens (tertiary/aromatic N) is 2. The van der Waals surface area contributed by atoms with Gasteiger partial charge in [-0.15, -0.1) is 0 Å². The maximum absolute atomic E-state index is 12.3. The van der Waals surface area contributed by atoms with E-state index in [1.54, 1.807) is 31.0 Å². The first-order valence-electron chi connectivity index (χ1n) is 5.82. The van der Waals surface area contributed by atoms with Crippen molar-refractivity contribution in [3.63, 3.8) is 0 Å². The minimum absolute atomic E-state index is 0.0893. The number of benzene rings is 1. The fraction of sp³-hybridized carbons (Fsp3) is 0.250. The second kappa shape index (κ2) is 5.43. The molecule has 1 heterocycles. The van der Waals surface area contributed by atoms with Gasteiger partial charge in [0.2, 0.25) is 10.0 Å². The van der Waals surface area contributed by atoms with Crippen molar-refractivity contribution in [2.75, 3.05) is 5.73 Å². The second-order valence-electron chi connectivity index (χ2n) is 4.46. The van der Waals surface area contributed by atoms with Gasteiger partial charge in [0.05, 0.1) is 11.1 Å². The van der Waals surface area contributed by atoms with Gasteiger partial charge in [0.15, 0.2) is 0 Å². The molecule has 0 unspecified atom stereocenters. The zero-order valence-corrected chi connectivity index (χ0v) is 12.7. The van der Waals surface area contributed by atoms with Gasteiger partial charge in [-0.2, -0.15) is 5.10 Å². The van der Waals surface area contributed by atoms with Crippen LogP contribution in [0.5, 0.6) is 0 Å². The van der Waals surface area contributed by atoms with Crippen LogP contribution in [0, 0.1) is 6.92 Å². The number of sulfonamides is 1. The van der Waals surface area contributed by atoms with Gasteiger partial charge < -0.3 is 5.73 Å². The molecular weight excluding hydrogens is 300 g/mol. The van der Waals surface area contributed by atoms with E-state index in [1.807, 2.05) is 0 Å². The fourth-order valence-electron chi connectivity index (χ4n) is 1.77. The van der Waals surface area contributed by atoms with Crippen LogP contribution in [0.25, 0.3) is 0 Å². The lowest BCUT2D eigenvalue weighted by Crippen LogP contribution is -2.24. The number of nitrogens with one attached hydrogen (secondary N) is 1. The van der Waals surface area contributed by atoms with E-state index in [0.717, 1.165) is 5.56 Å². The number of hydrogen-bond acceptors (Lipinski definition) is 4. The molecule has 2 rings (SSSR count). The monoisotopic (exact) mass is 314 g/mol. The van der Waals surface area contributed by atoms with E-state index in [2.05, 4.69) is 9.82 Å². The predicted molar refractivity (Wildman–Crippen MR) is 77.8 cm³/mol. The molecule has 0 saturated heterocycles. The quantitative estimate of drug-likeness (QED) is 0.836. The van der Waals surface area contributed by atoms with E-state index in [1.165, 1.54) is 12.1 Å². The van der Waals surface area contributed by atoms with E-state index in [0.29, 0.717) is 11.3 Å². The molecule has 0 aliphatic rings. The van der Waals surface area contributed by atoms with Crippen molar-refractivity contribution in [1.82, 2.24) is 14.5 Å². The standard InChI is InChI=1S/C12H15ClN4O2S/c1-8-11(14)3-10(13)4-12(8)20(18,19)16-6-9-5-15-17(2)7-9/h3-5,7,16H,6,14H2,1-2H3. The van der Waals surface area contributed by atoms with Crippen molar-refractivity contribution in [3.8, 4) is 0 Å². The zero-order valence-electron chi connectivity index (χ0n) is 11.1. The molecule has 1 aromatic heterocycles. The Morgan fingerprint density at radius 1 is 1.45 bits per heavy atom. The predicted octanol–water partition coefficient (Wildman–Crippen LogP) is 1.44. The molecule has 0 fully saturated rings. The van der Waals surface area contributed by atoms with Gasteiger partial charge >= 0.3 is 0 Å². The Morgan fingerprint density at radius 3 is 2.75 bits per heavy atom. The summed E-state index contributed by atoms with van der Waals surface area (Å²) in [6.45, 7) is 1.80. The number of anilines is 1. The molecule has 0 aliphatic carbocycles. The Kier molecular flexibility index (Phi) is 4.03. The van der Waals surface area contributed by atoms with Crippen LogP contribution in [0.2, 0.25) is 5.02 Å². The van der Waals surface area contributed by atoms with E-state index in [4.69, 9.17) is 17.3 Å². The summed E-state index contributed by atoms with van der Waals surface area (Å²) in [5.41, 5.74) is 7.33. The van der Waals surface area contributed by atoms with E-state index >= 15 is 0 Å². The van der Waals surface area contributed by atoms with Crippen molar-refractivity contribution in [3.05, 3.63) is 40.7 Å². The average molecular weight is 315 g/mol. The molecule has 0 aliphatic heterocycles. The van der Waals surface area contributed by atoms with Crippen LogP contribution in [0.3, 0.4) is 0 Å². The molecular formula is C12H15ClN4O2S. The third-order valence-corrected chi connectivity index (χ3v) is 4.62. The number of nitrogens with two attached hydrogens (primary N) is 1. The highest BCUT2D eigenvalue weighted by Crippen LogP contribution is 2.25. The van der Waals surface area contributed by atoms with E-state index < -0.39 is 10.0 Å². The summed E-state index contributed by atoms with van der Waals surface area (Å²) >= 11 is 5.86. The van der Waals surface area contributed by atoms with Gasteiger partial charge in [-0.3, -0.25) is 4.68 Å². The van der Waals surface area contributed by atoms with Crippen LogP contribution >= 0.6 is 11.6 Å². The summed E-state index contributed by atoms with van der Waals surface area (Å²) in [6.07, 6.45) is 3.34. The minimum atomic E-state index is -3.68. The highest BCUT2D eigenvalue weighted by Gasteiger charge is 2.19. The highest BCUT2D eigenvalue weighted by molar-refractivity contribution is 7.89. The van der Waals surface area contributed by atoms with Crippen LogP contribution in [0.4, 0.5) is 5.69 Å². The molecule has 0 atom stereocenters. The van der Waals surface area contributed by atoms with Crippen LogP contribution in [-0.2, 0) is 23.6 Å². The largest absolute Gasteiger partial charge is 0.398 e. The van der Waals surface area contributed by atoms with E-state index in [-0.39, 0.29) is 16.5 Å². The SMILES string of the molecule is Cc1c(N)cc(Cl)cc1S(=O)(=O)NCc1cnn(C)c1. The lowest BCUT2D eigenvalue weighted by atomic mass is 10.2. The summed E-state index contributed by atoms with van der Waals surface area (Å²) in [7, 11) is -1.91. The number of rotatable bonds is 4. The van der Waals surface area contributed by atoms with Gasteiger partial charge in [0.1, 0.15) is 0 Å². The summed E-state index contributed by atoms with van der Waals surface area (Å²) in [5.74, 6) is 0. The van der Waals surface area contributed by atoms with Crippen LogP contribution < -0.4 is 10.5 Å². The maximum atomic E-state index is 12.3. The van der Waals surface area contributed by atoms with Gasteiger partial charge in [0, 0.05) is 36.1 Å². The molecule has 0 bridgehead atoms. The van der Waals surface area contributed by atoms with Crippen molar-refractivity contribution in [2.24, 2.45) is 7.05 Å². The zero-order chi connectivity index (χ0) is 14.9. The van der Waals surface area contributed by atoms with Gasteiger partial charge in [-0.05, 0) is 24.6 Å². The molecule has 108 valence electrons. The maximum Gasteiger partial charge on any atom is 0.241 e. The number of nitrogen functional groups attached to an aromatic ring is 1. The Balaban J connectivity index is 2.27. The molecule has 20 heavy (non-hydrogen) atoms. The second-order valence-corrected chi connectivity index (χ2v) is 6.64. The van der Waals surface area contributed by atoms with Crippen LogP contribution in [0.1, 0.15) is 11.1 Å². The van der Waals surface area contributed by atoms with Crippen LogP contribution in [0.15, 0.2) is 29.4 Å². The first kappa shape index (κ1) is 14.8. The van der Waals surface area contributed by atoms with Crippen LogP contribution in [-0.4, -0.2) is 18.2 Å². The molecule has 0 radical (unpaired) electrons. The topological polar surface area (TPSA) is 90.0 Å². The first-order chi connectivity index (χ1) is 9.29. The summed E-state index contributed by atoms with van der Waals surface area (Å²) in [4.78, 5) is 0.0893. The summed E-state index contributed by atoms with van der Waals surface area (Å²) in [6, 6.07) is 2.91. The number of aryl methyl sites for hydroxylation is 1. The normalized spacial score (nSPS) is 11.8. The molecule has 0 saturated carbocycles. The lowest BCUT2D eigenvalue weighted by molar-refractivity contribution is 0.580. The van der Waals surface area contributed by atoms with Crippen molar-refractivity contribution in [2.45, 2.75) is 18.4 Å². The molecule has 1 aromatic carbocycles. The number of halogens is 1. The van der Waals surface area contributed by atoms with Gasteiger partial charge in [-0.25, -0.2) is 13.1 Å².